The van der Waals surface area contributed by atoms with Gasteiger partial charge in [-0.1, -0.05) is 12.1 Å². The Morgan fingerprint density at radius 3 is 2.59 bits per heavy atom. The summed E-state index contributed by atoms with van der Waals surface area (Å²) in [6.07, 6.45) is 6.78. The van der Waals surface area contributed by atoms with Gasteiger partial charge in [-0.25, -0.2) is 4.39 Å². The molecule has 8 heteroatoms. The molecule has 0 aliphatic heterocycles. The number of hydrogen-bond acceptors (Lipinski definition) is 5. The number of nitrogens with zero attached hydrogens (tertiary/aromatic N) is 4. The third kappa shape index (κ3) is 2.97. The van der Waals surface area contributed by atoms with Crippen molar-refractivity contribution in [1.29, 1.82) is 0 Å². The molecule has 0 atom stereocenters. The van der Waals surface area contributed by atoms with Gasteiger partial charge in [0.25, 0.3) is 0 Å². The van der Waals surface area contributed by atoms with Gasteiger partial charge < -0.3 is 10.7 Å². The lowest BCUT2D eigenvalue weighted by Crippen LogP contribution is -1.89. The van der Waals surface area contributed by atoms with Gasteiger partial charge in [-0.15, -0.1) is 0 Å². The molecule has 0 bridgehead atoms. The van der Waals surface area contributed by atoms with E-state index in [0.717, 1.165) is 44.5 Å². The summed E-state index contributed by atoms with van der Waals surface area (Å²) in [6, 6.07) is 14.1. The second kappa shape index (κ2) is 6.98. The van der Waals surface area contributed by atoms with Crippen LogP contribution < -0.4 is 5.73 Å². The van der Waals surface area contributed by atoms with Gasteiger partial charge in [0.15, 0.2) is 0 Å². The normalized spacial score (nSPS) is 11.4. The number of aromatic nitrogens is 6. The van der Waals surface area contributed by atoms with Gasteiger partial charge >= 0.3 is 0 Å². The van der Waals surface area contributed by atoms with E-state index in [1.165, 1.54) is 12.1 Å². The molecular weight excluding hydrogens is 405 g/mol. The zero-order chi connectivity index (χ0) is 21.7. The Morgan fingerprint density at radius 2 is 1.72 bits per heavy atom. The molecule has 154 valence electrons. The number of fused-ring (bicyclic) bond motifs is 2. The quantitative estimate of drug-likeness (QED) is 0.374. The fraction of sp³-hybridized carbons (Fsp3) is 0. The summed E-state index contributed by atoms with van der Waals surface area (Å²) in [6.45, 7) is 0. The maximum absolute atomic E-state index is 13.8. The minimum absolute atomic E-state index is 0.300. The van der Waals surface area contributed by atoms with Crippen LogP contribution in [0.3, 0.4) is 0 Å². The number of nitrogens with one attached hydrogen (secondary N) is 2. The van der Waals surface area contributed by atoms with Crippen LogP contribution in [0.15, 0.2) is 73.3 Å². The van der Waals surface area contributed by atoms with Crippen LogP contribution >= 0.6 is 0 Å². The number of pyridine rings is 3. The largest absolute Gasteiger partial charge is 0.397 e. The van der Waals surface area contributed by atoms with Crippen molar-refractivity contribution in [3.63, 3.8) is 0 Å². The van der Waals surface area contributed by atoms with Gasteiger partial charge in [0.05, 0.1) is 34.5 Å². The minimum Gasteiger partial charge on any atom is -0.397 e. The second-order valence-electron chi connectivity index (χ2n) is 7.51. The maximum atomic E-state index is 13.8. The molecule has 0 fully saturated rings. The third-order valence-corrected chi connectivity index (χ3v) is 5.40. The number of nitrogens with two attached hydrogens (primary N) is 1. The molecule has 1 aromatic carbocycles. The van der Waals surface area contributed by atoms with Crippen molar-refractivity contribution in [2.75, 3.05) is 5.73 Å². The van der Waals surface area contributed by atoms with Gasteiger partial charge in [0, 0.05) is 46.0 Å². The summed E-state index contributed by atoms with van der Waals surface area (Å²) in [5.41, 5.74) is 12.7. The van der Waals surface area contributed by atoms with Crippen molar-refractivity contribution in [3.05, 3.63) is 79.1 Å². The number of nitrogen functional groups attached to an aromatic ring is 1. The van der Waals surface area contributed by atoms with E-state index in [1.54, 1.807) is 30.9 Å². The zero-order valence-electron chi connectivity index (χ0n) is 16.7. The van der Waals surface area contributed by atoms with E-state index in [9.17, 15) is 4.39 Å². The summed E-state index contributed by atoms with van der Waals surface area (Å²) >= 11 is 0. The number of hydrogen-bond donors (Lipinski definition) is 3. The van der Waals surface area contributed by atoms with E-state index < -0.39 is 0 Å². The molecule has 0 radical (unpaired) electrons. The summed E-state index contributed by atoms with van der Waals surface area (Å²) in [7, 11) is 0. The molecule has 6 aromatic rings. The Morgan fingerprint density at radius 1 is 0.812 bits per heavy atom. The first-order valence-electron chi connectivity index (χ1n) is 9.95. The highest BCUT2D eigenvalue weighted by atomic mass is 19.1. The summed E-state index contributed by atoms with van der Waals surface area (Å²) in [5, 5.41) is 9.34. The zero-order valence-corrected chi connectivity index (χ0v) is 16.7. The number of H-pyrrole nitrogens is 2. The van der Waals surface area contributed by atoms with E-state index in [1.807, 2.05) is 30.3 Å². The van der Waals surface area contributed by atoms with Crippen LogP contribution in [0, 0.1) is 5.82 Å². The predicted molar refractivity (Wildman–Crippen MR) is 122 cm³/mol. The van der Waals surface area contributed by atoms with Crippen LogP contribution in [0.2, 0.25) is 0 Å². The molecule has 4 N–H and O–H groups in total. The molecule has 0 saturated heterocycles. The molecule has 7 nitrogen and oxygen atoms in total. The SMILES string of the molecule is Nc1cncc(-c2cc3c(-c4cc5c(-c6cccc(F)c6)nccc5[nH]4)n[nH]c3cn2)c1. The molecule has 0 amide bonds. The van der Waals surface area contributed by atoms with Gasteiger partial charge in [-0.05, 0) is 36.4 Å². The van der Waals surface area contributed by atoms with Crippen molar-refractivity contribution in [3.8, 4) is 33.9 Å². The van der Waals surface area contributed by atoms with E-state index in [-0.39, 0.29) is 5.82 Å². The molecule has 0 unspecified atom stereocenters. The lowest BCUT2D eigenvalue weighted by molar-refractivity contribution is 0.628. The average molecular weight is 421 g/mol. The lowest BCUT2D eigenvalue weighted by atomic mass is 10.1. The second-order valence-corrected chi connectivity index (χ2v) is 7.51. The standard InChI is InChI=1S/C24H16FN7/c25-15-3-1-2-13(6-15)23-17-9-21(30-19(17)4-5-28-23)24-18-8-20(29-12-22(18)31-32-24)14-7-16(26)11-27-10-14/h1-12,30H,26H2,(H,31,32). The third-order valence-electron chi connectivity index (χ3n) is 5.40. The molecule has 0 saturated carbocycles. The van der Waals surface area contributed by atoms with Crippen molar-refractivity contribution in [2.24, 2.45) is 0 Å². The fourth-order valence-electron chi connectivity index (χ4n) is 3.92. The lowest BCUT2D eigenvalue weighted by Gasteiger charge is -2.02. The fourth-order valence-corrected chi connectivity index (χ4v) is 3.92. The molecule has 6 rings (SSSR count). The van der Waals surface area contributed by atoms with Crippen LogP contribution in [0.25, 0.3) is 55.7 Å². The Kier molecular flexibility index (Phi) is 3.97. The predicted octanol–water partition coefficient (Wildman–Crippen LogP) is 4.95. The van der Waals surface area contributed by atoms with Crippen LogP contribution in [0.4, 0.5) is 10.1 Å². The number of aromatic amines is 2. The van der Waals surface area contributed by atoms with Crippen molar-refractivity contribution in [2.45, 2.75) is 0 Å². The van der Waals surface area contributed by atoms with Crippen molar-refractivity contribution < 1.29 is 4.39 Å². The Bertz CT molecular complexity index is 1620. The molecule has 5 heterocycles. The number of halogens is 1. The van der Waals surface area contributed by atoms with Gasteiger partial charge in [-0.2, -0.15) is 5.10 Å². The smallest absolute Gasteiger partial charge is 0.123 e. The first-order chi connectivity index (χ1) is 15.7. The first kappa shape index (κ1) is 18.2. The van der Waals surface area contributed by atoms with Crippen LogP contribution in [-0.2, 0) is 0 Å². The van der Waals surface area contributed by atoms with Crippen molar-refractivity contribution in [1.82, 2.24) is 30.1 Å². The Labute approximate surface area is 181 Å². The highest BCUT2D eigenvalue weighted by Gasteiger charge is 2.15. The average Bonchev–Trinajstić information content (AvgIpc) is 3.42. The number of anilines is 1. The minimum atomic E-state index is -0.300. The first-order valence-corrected chi connectivity index (χ1v) is 9.95. The number of benzene rings is 1. The van der Waals surface area contributed by atoms with Gasteiger partial charge in [-0.3, -0.25) is 20.1 Å². The highest BCUT2D eigenvalue weighted by Crippen LogP contribution is 2.34. The van der Waals surface area contributed by atoms with Crippen LogP contribution in [0.1, 0.15) is 0 Å². The Hall–Kier alpha value is -4.59. The monoisotopic (exact) mass is 421 g/mol. The highest BCUT2D eigenvalue weighted by molar-refractivity contribution is 6.00. The molecule has 0 aliphatic carbocycles. The van der Waals surface area contributed by atoms with Gasteiger partial charge in [0.2, 0.25) is 0 Å². The van der Waals surface area contributed by atoms with Gasteiger partial charge in [0.1, 0.15) is 11.5 Å². The molecule has 0 aliphatic rings. The van der Waals surface area contributed by atoms with Crippen LogP contribution in [-0.4, -0.2) is 30.1 Å². The molecule has 5 aromatic heterocycles. The van der Waals surface area contributed by atoms with E-state index in [0.29, 0.717) is 16.9 Å². The molecule has 0 spiro atoms. The van der Waals surface area contributed by atoms with Crippen LogP contribution in [0.5, 0.6) is 0 Å². The molecular formula is C24H16FN7. The van der Waals surface area contributed by atoms with E-state index >= 15 is 0 Å². The summed E-state index contributed by atoms with van der Waals surface area (Å²) in [5.74, 6) is -0.300. The van der Waals surface area contributed by atoms with E-state index in [2.05, 4.69) is 30.1 Å². The Balaban J connectivity index is 1.51. The summed E-state index contributed by atoms with van der Waals surface area (Å²) in [4.78, 5) is 16.6. The topological polar surface area (TPSA) is 109 Å². The van der Waals surface area contributed by atoms with E-state index in [4.69, 9.17) is 5.73 Å². The van der Waals surface area contributed by atoms with Crippen molar-refractivity contribution >= 4 is 27.5 Å². The summed E-state index contributed by atoms with van der Waals surface area (Å²) < 4.78 is 13.8. The maximum Gasteiger partial charge on any atom is 0.123 e. The molecule has 32 heavy (non-hydrogen) atoms. The number of rotatable bonds is 3.